The Hall–Kier alpha value is -3.26. The number of benzene rings is 4. The van der Waals surface area contributed by atoms with Gasteiger partial charge in [0.05, 0.1) is 15.6 Å². The average Bonchev–Trinajstić information content (AvgIpc) is 2.89. The lowest BCUT2D eigenvalue weighted by Crippen LogP contribution is -2.38. The number of para-hydroxylation sites is 1. The fraction of sp³-hybridized carbons (Fsp3) is 0.138. The van der Waals surface area contributed by atoms with Crippen LogP contribution in [0.1, 0.15) is 16.7 Å². The van der Waals surface area contributed by atoms with E-state index >= 15 is 0 Å². The van der Waals surface area contributed by atoms with Crippen molar-refractivity contribution in [2.75, 3.05) is 16.2 Å². The SMILES string of the molecule is Cc1ccc(S(=O)(=O)N(CC(=O)Nc2ccc(CSc3ccccc3)cc2C)c2ccccc2Cl)cc1. The van der Waals surface area contributed by atoms with Crippen LogP contribution in [0.2, 0.25) is 5.02 Å². The van der Waals surface area contributed by atoms with Gasteiger partial charge in [-0.25, -0.2) is 8.42 Å². The van der Waals surface area contributed by atoms with E-state index in [0.29, 0.717) is 5.69 Å². The number of hydrogen-bond donors (Lipinski definition) is 1. The summed E-state index contributed by atoms with van der Waals surface area (Å²) in [4.78, 5) is 14.4. The Morgan fingerprint density at radius 3 is 2.24 bits per heavy atom. The summed E-state index contributed by atoms with van der Waals surface area (Å²) in [5.41, 5.74) is 3.83. The molecule has 0 bridgehead atoms. The topological polar surface area (TPSA) is 66.5 Å². The zero-order chi connectivity index (χ0) is 26.4. The van der Waals surface area contributed by atoms with E-state index < -0.39 is 22.5 Å². The molecular weight excluding hydrogens is 524 g/mol. The number of nitrogens with zero attached hydrogens (tertiary/aromatic N) is 1. The molecule has 0 fully saturated rings. The molecule has 190 valence electrons. The zero-order valence-electron chi connectivity index (χ0n) is 20.5. The maximum atomic E-state index is 13.6. The van der Waals surface area contributed by atoms with E-state index in [9.17, 15) is 13.2 Å². The van der Waals surface area contributed by atoms with Crippen LogP contribution in [0.25, 0.3) is 0 Å². The standard InChI is InChI=1S/C29H27ClN2O3S2/c1-21-12-15-25(16-13-21)37(34,35)32(28-11-7-6-10-26(28)30)19-29(33)31-27-17-14-23(18-22(27)2)20-36-24-8-4-3-5-9-24/h3-18H,19-20H2,1-2H3,(H,31,33). The number of amides is 1. The third-order valence-electron chi connectivity index (χ3n) is 5.73. The molecule has 0 saturated carbocycles. The van der Waals surface area contributed by atoms with Crippen molar-refractivity contribution in [1.29, 1.82) is 0 Å². The van der Waals surface area contributed by atoms with Gasteiger partial charge in [-0.2, -0.15) is 0 Å². The van der Waals surface area contributed by atoms with Crippen molar-refractivity contribution in [3.63, 3.8) is 0 Å². The normalized spacial score (nSPS) is 11.2. The highest BCUT2D eigenvalue weighted by atomic mass is 35.5. The van der Waals surface area contributed by atoms with Crippen LogP contribution in [0.15, 0.2) is 107 Å². The molecule has 0 unspecified atom stereocenters. The van der Waals surface area contributed by atoms with Gasteiger partial charge in [0.25, 0.3) is 10.0 Å². The van der Waals surface area contributed by atoms with Crippen LogP contribution < -0.4 is 9.62 Å². The summed E-state index contributed by atoms with van der Waals surface area (Å²) in [5, 5.41) is 3.11. The Morgan fingerprint density at radius 1 is 0.892 bits per heavy atom. The van der Waals surface area contributed by atoms with Crippen molar-refractivity contribution in [2.24, 2.45) is 0 Å². The summed E-state index contributed by atoms with van der Waals surface area (Å²) in [7, 11) is -4.05. The maximum Gasteiger partial charge on any atom is 0.264 e. The minimum absolute atomic E-state index is 0.0854. The second-order valence-corrected chi connectivity index (χ2v) is 11.9. The van der Waals surface area contributed by atoms with Gasteiger partial charge in [0.2, 0.25) is 5.91 Å². The Kier molecular flexibility index (Phi) is 8.59. The summed E-state index contributed by atoms with van der Waals surface area (Å²) in [6.07, 6.45) is 0. The number of nitrogens with one attached hydrogen (secondary N) is 1. The largest absolute Gasteiger partial charge is 0.324 e. The van der Waals surface area contributed by atoms with Crippen molar-refractivity contribution in [2.45, 2.75) is 29.4 Å². The van der Waals surface area contributed by atoms with Crippen LogP contribution in [0.3, 0.4) is 0 Å². The first kappa shape index (κ1) is 26.8. The number of hydrogen-bond acceptors (Lipinski definition) is 4. The molecule has 1 N–H and O–H groups in total. The van der Waals surface area contributed by atoms with E-state index in [4.69, 9.17) is 11.6 Å². The summed E-state index contributed by atoms with van der Waals surface area (Å²) >= 11 is 8.10. The molecule has 0 atom stereocenters. The first-order chi connectivity index (χ1) is 17.7. The predicted molar refractivity (Wildman–Crippen MR) is 153 cm³/mol. The van der Waals surface area contributed by atoms with Crippen molar-refractivity contribution in [3.05, 3.63) is 119 Å². The molecule has 0 radical (unpaired) electrons. The first-order valence-electron chi connectivity index (χ1n) is 11.7. The Balaban J connectivity index is 1.53. The lowest BCUT2D eigenvalue weighted by molar-refractivity contribution is -0.114. The van der Waals surface area contributed by atoms with Gasteiger partial charge in [-0.15, -0.1) is 11.8 Å². The van der Waals surface area contributed by atoms with Crippen molar-refractivity contribution >= 4 is 50.7 Å². The number of carbonyl (C=O) groups is 1. The van der Waals surface area contributed by atoms with Gasteiger partial charge in [-0.3, -0.25) is 9.10 Å². The number of carbonyl (C=O) groups excluding carboxylic acids is 1. The minimum atomic E-state index is -4.05. The molecule has 8 heteroatoms. The van der Waals surface area contributed by atoms with Crippen LogP contribution in [-0.4, -0.2) is 20.9 Å². The van der Waals surface area contributed by atoms with Gasteiger partial charge < -0.3 is 5.32 Å². The smallest absolute Gasteiger partial charge is 0.264 e. The zero-order valence-corrected chi connectivity index (χ0v) is 22.9. The van der Waals surface area contributed by atoms with Gasteiger partial charge in [0.15, 0.2) is 0 Å². The van der Waals surface area contributed by atoms with Gasteiger partial charge in [-0.05, 0) is 67.4 Å². The highest BCUT2D eigenvalue weighted by Gasteiger charge is 2.28. The lowest BCUT2D eigenvalue weighted by atomic mass is 10.1. The summed E-state index contributed by atoms with van der Waals surface area (Å²) in [6, 6.07) is 29.1. The highest BCUT2D eigenvalue weighted by Crippen LogP contribution is 2.31. The fourth-order valence-electron chi connectivity index (χ4n) is 3.75. The van der Waals surface area contributed by atoms with Gasteiger partial charge >= 0.3 is 0 Å². The molecule has 1 amide bonds. The lowest BCUT2D eigenvalue weighted by Gasteiger charge is -2.25. The number of thioether (sulfide) groups is 1. The third kappa shape index (κ3) is 6.74. The summed E-state index contributed by atoms with van der Waals surface area (Å²) in [6.45, 7) is 3.37. The number of sulfonamides is 1. The highest BCUT2D eigenvalue weighted by molar-refractivity contribution is 7.98. The van der Waals surface area contributed by atoms with Crippen LogP contribution >= 0.6 is 23.4 Å². The Morgan fingerprint density at radius 2 is 1.57 bits per heavy atom. The first-order valence-corrected chi connectivity index (χ1v) is 14.5. The number of aryl methyl sites for hydroxylation is 2. The van der Waals surface area contributed by atoms with Crippen molar-refractivity contribution in [3.8, 4) is 0 Å². The monoisotopic (exact) mass is 550 g/mol. The van der Waals surface area contributed by atoms with E-state index in [2.05, 4.69) is 17.4 Å². The van der Waals surface area contributed by atoms with Crippen molar-refractivity contribution in [1.82, 2.24) is 0 Å². The van der Waals surface area contributed by atoms with Gasteiger partial charge in [0, 0.05) is 16.3 Å². The summed E-state index contributed by atoms with van der Waals surface area (Å²) in [5.74, 6) is 0.332. The molecule has 4 aromatic carbocycles. The van der Waals surface area contributed by atoms with E-state index in [1.54, 1.807) is 48.2 Å². The number of rotatable bonds is 9. The van der Waals surface area contributed by atoms with E-state index in [0.717, 1.165) is 26.7 Å². The van der Waals surface area contributed by atoms with Crippen LogP contribution in [0.4, 0.5) is 11.4 Å². The van der Waals surface area contributed by atoms with Gasteiger partial charge in [0.1, 0.15) is 6.54 Å². The van der Waals surface area contributed by atoms with E-state index in [1.165, 1.54) is 17.0 Å². The quantitative estimate of drug-likeness (QED) is 0.226. The Labute approximate surface area is 227 Å². The molecule has 4 rings (SSSR count). The van der Waals surface area contributed by atoms with Crippen LogP contribution in [0, 0.1) is 13.8 Å². The summed E-state index contributed by atoms with van der Waals surface area (Å²) < 4.78 is 28.2. The second-order valence-electron chi connectivity index (χ2n) is 8.58. The molecule has 0 aromatic heterocycles. The minimum Gasteiger partial charge on any atom is -0.324 e. The molecular formula is C29H27ClN2O3S2. The second kappa shape index (κ2) is 11.9. The molecule has 37 heavy (non-hydrogen) atoms. The van der Waals surface area contributed by atoms with E-state index in [-0.39, 0.29) is 15.6 Å². The molecule has 5 nitrogen and oxygen atoms in total. The fourth-order valence-corrected chi connectivity index (χ4v) is 6.34. The maximum absolute atomic E-state index is 13.6. The molecule has 0 aliphatic carbocycles. The Bertz CT molecular complexity index is 1490. The molecule has 0 spiro atoms. The van der Waals surface area contributed by atoms with Crippen LogP contribution in [-0.2, 0) is 20.6 Å². The number of anilines is 2. The van der Waals surface area contributed by atoms with Gasteiger partial charge in [-0.1, -0.05) is 71.8 Å². The van der Waals surface area contributed by atoms with E-state index in [1.807, 2.05) is 50.2 Å². The number of halogens is 1. The predicted octanol–water partition coefficient (Wildman–Crippen LogP) is 7.08. The molecule has 4 aromatic rings. The molecule has 0 saturated heterocycles. The average molecular weight is 551 g/mol. The molecule has 0 aliphatic heterocycles. The van der Waals surface area contributed by atoms with Crippen molar-refractivity contribution < 1.29 is 13.2 Å². The molecule has 0 heterocycles. The molecule has 0 aliphatic rings. The van der Waals surface area contributed by atoms with Crippen LogP contribution in [0.5, 0.6) is 0 Å². The third-order valence-corrected chi connectivity index (χ3v) is 8.91.